The zero-order valence-electron chi connectivity index (χ0n) is 6.55. The molecule has 0 aliphatic carbocycles. The molecular formula is C6H16I3-. The van der Waals surface area contributed by atoms with Crippen LogP contribution in [0.3, 0.4) is 0 Å². The SMILES string of the molecule is CC.CCCC.I[I-]I. The van der Waals surface area contributed by atoms with Crippen molar-refractivity contribution in [2.75, 3.05) is 0 Å². The summed E-state index contributed by atoms with van der Waals surface area (Å²) in [6, 6.07) is 0. The van der Waals surface area contributed by atoms with Crippen molar-refractivity contribution >= 4 is 37.2 Å². The van der Waals surface area contributed by atoms with Gasteiger partial charge in [0.1, 0.15) is 0 Å². The van der Waals surface area contributed by atoms with Gasteiger partial charge in [-0.2, -0.15) is 0 Å². The van der Waals surface area contributed by atoms with E-state index in [2.05, 4.69) is 51.1 Å². The number of rotatable bonds is 1. The second-order valence-electron chi connectivity index (χ2n) is 1.05. The Labute approximate surface area is 89.6 Å². The van der Waals surface area contributed by atoms with Crippen LogP contribution in [0.1, 0.15) is 40.5 Å². The maximum atomic E-state index is 2.39. The van der Waals surface area contributed by atoms with Crippen LogP contribution in [-0.2, 0) is 0 Å². The fourth-order valence-corrected chi connectivity index (χ4v) is 0. The Bertz CT molecular complexity index is 15.8. The van der Waals surface area contributed by atoms with Gasteiger partial charge >= 0.3 is 50.5 Å². The van der Waals surface area contributed by atoms with Gasteiger partial charge in [0, 0.05) is 0 Å². The molecule has 0 N–H and O–H groups in total. The van der Waals surface area contributed by atoms with Gasteiger partial charge < -0.3 is 0 Å². The quantitative estimate of drug-likeness (QED) is 0.513. The monoisotopic (exact) mass is 469 g/mol. The van der Waals surface area contributed by atoms with Crippen LogP contribution in [-0.4, -0.2) is 0 Å². The Balaban J connectivity index is -0.0000000646. The molecule has 0 amide bonds. The third kappa shape index (κ3) is 67.2. The van der Waals surface area contributed by atoms with E-state index in [1.54, 1.807) is 0 Å². The van der Waals surface area contributed by atoms with Crippen molar-refractivity contribution < 1.29 is 13.3 Å². The second-order valence-corrected chi connectivity index (χ2v) is 17.3. The normalized spacial score (nSPS) is 6.44. The van der Waals surface area contributed by atoms with Gasteiger partial charge in [-0.3, -0.25) is 0 Å². The van der Waals surface area contributed by atoms with Crippen LogP contribution in [0.25, 0.3) is 0 Å². The van der Waals surface area contributed by atoms with Crippen LogP contribution in [0.2, 0.25) is 0 Å². The van der Waals surface area contributed by atoms with Gasteiger partial charge in [0.25, 0.3) is 0 Å². The molecule has 0 bridgehead atoms. The van der Waals surface area contributed by atoms with E-state index in [9.17, 15) is 0 Å². The summed E-state index contributed by atoms with van der Waals surface area (Å²) >= 11 is 5.30. The summed E-state index contributed by atoms with van der Waals surface area (Å²) in [6.45, 7) is 8.36. The summed E-state index contributed by atoms with van der Waals surface area (Å²) in [5.41, 5.74) is 0. The maximum absolute atomic E-state index is 2.39. The predicted octanol–water partition coefficient (Wildman–Crippen LogP) is 1.61. The molecule has 0 nitrogen and oxygen atoms in total. The van der Waals surface area contributed by atoms with Crippen molar-refractivity contribution in [2.45, 2.75) is 40.5 Å². The molecular weight excluding hydrogens is 453 g/mol. The molecule has 0 rings (SSSR count). The van der Waals surface area contributed by atoms with Crippen LogP contribution < -0.4 is 13.3 Å². The van der Waals surface area contributed by atoms with E-state index < -0.39 is 0 Å². The van der Waals surface area contributed by atoms with Crippen LogP contribution in [0.5, 0.6) is 0 Å². The minimum absolute atomic E-state index is 0.530. The standard InChI is InChI=1S/C4H10.C2H6.I3/c1-3-4-2;1-2;1-3-2/h3-4H2,1-2H3;1-2H3;/q;;-1. The Kier molecular flexibility index (Phi) is 61.5. The summed E-state index contributed by atoms with van der Waals surface area (Å²) in [7, 11) is 0. The summed E-state index contributed by atoms with van der Waals surface area (Å²) in [4.78, 5) is 0. The average Bonchev–Trinajstić information content (AvgIpc) is 1.94. The summed E-state index contributed by atoms with van der Waals surface area (Å²) < 4.78 is 0. The third-order valence-electron chi connectivity index (χ3n) is 0.500. The van der Waals surface area contributed by atoms with E-state index in [0.717, 1.165) is 0 Å². The molecule has 0 unspecified atom stereocenters. The van der Waals surface area contributed by atoms with E-state index in [0.29, 0.717) is 13.3 Å². The average molecular weight is 469 g/mol. The summed E-state index contributed by atoms with van der Waals surface area (Å²) in [5.74, 6) is 0. The Morgan fingerprint density at radius 3 is 1.11 bits per heavy atom. The first kappa shape index (κ1) is 17.3. The number of halogens is 3. The van der Waals surface area contributed by atoms with Crippen molar-refractivity contribution in [1.82, 2.24) is 0 Å². The Morgan fingerprint density at radius 1 is 1.00 bits per heavy atom. The molecule has 62 valence electrons. The fraction of sp³-hybridized carbons (Fsp3) is 1.00. The molecule has 3 heteroatoms. The zero-order valence-corrected chi connectivity index (χ0v) is 13.0. The minimum atomic E-state index is 0.530. The number of hydrogen-bond acceptors (Lipinski definition) is 0. The molecule has 0 aromatic heterocycles. The molecule has 0 radical (unpaired) electrons. The molecule has 0 fully saturated rings. The van der Waals surface area contributed by atoms with Crippen molar-refractivity contribution in [1.29, 1.82) is 0 Å². The third-order valence-corrected chi connectivity index (χ3v) is 0.500. The fourth-order valence-electron chi connectivity index (χ4n) is 0. The van der Waals surface area contributed by atoms with Gasteiger partial charge in [-0.25, -0.2) is 0 Å². The van der Waals surface area contributed by atoms with Crippen molar-refractivity contribution in [3.05, 3.63) is 0 Å². The van der Waals surface area contributed by atoms with E-state index in [-0.39, 0.29) is 0 Å². The van der Waals surface area contributed by atoms with E-state index in [1.807, 2.05) is 13.8 Å². The molecule has 0 aromatic carbocycles. The molecule has 0 saturated carbocycles. The molecule has 0 saturated heterocycles. The van der Waals surface area contributed by atoms with Crippen molar-refractivity contribution in [3.63, 3.8) is 0 Å². The zero-order chi connectivity index (χ0) is 8.12. The summed E-state index contributed by atoms with van der Waals surface area (Å²) in [6.07, 6.45) is 2.64. The molecule has 0 aliphatic heterocycles. The topological polar surface area (TPSA) is 0 Å². The van der Waals surface area contributed by atoms with Crippen LogP contribution in [0.4, 0.5) is 0 Å². The van der Waals surface area contributed by atoms with Crippen LogP contribution in [0, 0.1) is 0 Å². The number of hydrogen-bond donors (Lipinski definition) is 0. The molecule has 9 heavy (non-hydrogen) atoms. The van der Waals surface area contributed by atoms with Gasteiger partial charge in [-0.15, -0.1) is 0 Å². The van der Waals surface area contributed by atoms with E-state index in [1.165, 1.54) is 12.8 Å². The molecule has 0 heterocycles. The van der Waals surface area contributed by atoms with Crippen molar-refractivity contribution in [3.8, 4) is 0 Å². The first-order valence-electron chi connectivity index (χ1n) is 3.20. The molecule has 0 atom stereocenters. The molecule has 0 spiro atoms. The Morgan fingerprint density at radius 2 is 1.11 bits per heavy atom. The van der Waals surface area contributed by atoms with Gasteiger partial charge in [0.2, 0.25) is 0 Å². The Hall–Kier alpha value is 2.19. The van der Waals surface area contributed by atoms with E-state index >= 15 is 0 Å². The van der Waals surface area contributed by atoms with Crippen LogP contribution in [0.15, 0.2) is 0 Å². The second kappa shape index (κ2) is 31.9. The van der Waals surface area contributed by atoms with Crippen LogP contribution >= 0.6 is 37.2 Å². The van der Waals surface area contributed by atoms with Crippen molar-refractivity contribution in [2.24, 2.45) is 0 Å². The number of unbranched alkanes of at least 4 members (excludes halogenated alkanes) is 1. The van der Waals surface area contributed by atoms with E-state index in [4.69, 9.17) is 0 Å². The summed E-state index contributed by atoms with van der Waals surface area (Å²) in [5, 5.41) is 0. The molecule has 0 aliphatic rings. The van der Waals surface area contributed by atoms with Gasteiger partial charge in [-0.05, 0) is 0 Å². The van der Waals surface area contributed by atoms with Gasteiger partial charge in [0.15, 0.2) is 0 Å². The van der Waals surface area contributed by atoms with Gasteiger partial charge in [0.05, 0.1) is 0 Å². The molecule has 0 aromatic rings. The first-order valence-corrected chi connectivity index (χ1v) is 15.8. The first-order chi connectivity index (χ1) is 4.33. The van der Waals surface area contributed by atoms with Gasteiger partial charge in [-0.1, -0.05) is 40.5 Å². The predicted molar refractivity (Wildman–Crippen MR) is 60.0 cm³/mol.